The molecular formula is C33H48N2O7. The van der Waals surface area contributed by atoms with Crippen molar-refractivity contribution in [3.8, 4) is 22.6 Å². The van der Waals surface area contributed by atoms with Gasteiger partial charge < -0.3 is 30.2 Å². The van der Waals surface area contributed by atoms with E-state index in [1.165, 1.54) is 21.0 Å². The third-order valence-corrected chi connectivity index (χ3v) is 8.07. The standard InChI is InChI=1S/C33H48N2O7/c1-20(2)13-23-7-6-8-27(38)15-26(14-23)31(42-22(4)37)18-28(41-21(3)36)10-9-24-16-32(40-5)30(39)19-29(24)25-11-12-35-33(34)17-25/h11-12,16-17,19-20,23,26-28,31,38-39H,6-10,13-15,18H2,1-5H3,(H2,34,35)/t23-,26+,27-,28-,31-/m1/s1. The molecular weight excluding hydrogens is 536 g/mol. The topological polar surface area (TPSA) is 141 Å². The molecule has 0 saturated heterocycles. The molecule has 1 fully saturated rings. The highest BCUT2D eigenvalue weighted by Crippen LogP contribution is 2.38. The van der Waals surface area contributed by atoms with Gasteiger partial charge in [-0.15, -0.1) is 0 Å². The number of aliphatic hydroxyl groups excluding tert-OH is 1. The molecule has 1 aliphatic rings. The number of rotatable bonds is 12. The lowest BCUT2D eigenvalue weighted by Crippen LogP contribution is -2.36. The van der Waals surface area contributed by atoms with Crippen LogP contribution in [0.25, 0.3) is 11.1 Å². The lowest BCUT2D eigenvalue weighted by Gasteiger charge is -2.35. The highest BCUT2D eigenvalue weighted by molar-refractivity contribution is 5.72. The number of nitrogens with zero attached hydrogens (tertiary/aromatic N) is 1. The maximum absolute atomic E-state index is 12.3. The van der Waals surface area contributed by atoms with E-state index in [1.807, 2.05) is 6.07 Å². The molecule has 0 aliphatic heterocycles. The number of methoxy groups -OCH3 is 1. The number of phenols is 1. The maximum atomic E-state index is 12.3. The number of pyridine rings is 1. The van der Waals surface area contributed by atoms with E-state index in [9.17, 15) is 19.8 Å². The summed E-state index contributed by atoms with van der Waals surface area (Å²) in [4.78, 5) is 28.5. The Morgan fingerprint density at radius 1 is 1.10 bits per heavy atom. The molecule has 1 aromatic heterocycles. The van der Waals surface area contributed by atoms with Gasteiger partial charge in [0.25, 0.3) is 0 Å². The number of aryl methyl sites for hydroxylation is 1. The van der Waals surface area contributed by atoms with Crippen molar-refractivity contribution in [2.45, 2.75) is 104 Å². The van der Waals surface area contributed by atoms with Gasteiger partial charge in [-0.2, -0.15) is 0 Å². The molecule has 3 rings (SSSR count). The number of phenolic OH excluding ortho intramolecular Hbond substituents is 1. The van der Waals surface area contributed by atoms with Crippen molar-refractivity contribution in [1.82, 2.24) is 4.98 Å². The minimum absolute atomic E-state index is 0.00289. The molecule has 9 heteroatoms. The Balaban J connectivity index is 1.89. The third-order valence-electron chi connectivity index (χ3n) is 8.07. The number of nitrogen functional groups attached to an aromatic ring is 1. The number of aromatic hydroxyl groups is 1. The van der Waals surface area contributed by atoms with Crippen molar-refractivity contribution < 1.29 is 34.0 Å². The summed E-state index contributed by atoms with van der Waals surface area (Å²) in [5, 5.41) is 21.2. The number of esters is 2. The van der Waals surface area contributed by atoms with Gasteiger partial charge in [0, 0.05) is 26.5 Å². The van der Waals surface area contributed by atoms with Gasteiger partial charge in [0.05, 0.1) is 13.2 Å². The smallest absolute Gasteiger partial charge is 0.302 e. The minimum Gasteiger partial charge on any atom is -0.504 e. The maximum Gasteiger partial charge on any atom is 0.302 e. The highest BCUT2D eigenvalue weighted by atomic mass is 16.6. The van der Waals surface area contributed by atoms with E-state index in [-0.39, 0.29) is 17.6 Å². The van der Waals surface area contributed by atoms with Crippen LogP contribution in [-0.2, 0) is 25.5 Å². The lowest BCUT2D eigenvalue weighted by molar-refractivity contribution is -0.157. The fraction of sp³-hybridized carbons (Fsp3) is 0.606. The number of nitrogens with two attached hydrogens (primary N) is 1. The van der Waals surface area contributed by atoms with Crippen molar-refractivity contribution in [1.29, 1.82) is 0 Å². The van der Waals surface area contributed by atoms with Gasteiger partial charge in [-0.3, -0.25) is 9.59 Å². The zero-order chi connectivity index (χ0) is 30.8. The molecule has 1 aromatic carbocycles. The number of carbonyl (C=O) groups excluding carboxylic acids is 2. The molecule has 9 nitrogen and oxygen atoms in total. The van der Waals surface area contributed by atoms with Crippen LogP contribution in [0.3, 0.4) is 0 Å². The second-order valence-corrected chi connectivity index (χ2v) is 12.1. The highest BCUT2D eigenvalue weighted by Gasteiger charge is 2.34. The van der Waals surface area contributed by atoms with E-state index in [4.69, 9.17) is 19.9 Å². The van der Waals surface area contributed by atoms with Gasteiger partial charge >= 0.3 is 11.9 Å². The fourth-order valence-corrected chi connectivity index (χ4v) is 6.39. The molecule has 0 bridgehead atoms. The van der Waals surface area contributed by atoms with Crippen LogP contribution in [0.5, 0.6) is 11.5 Å². The van der Waals surface area contributed by atoms with Crippen LogP contribution >= 0.6 is 0 Å². The Kier molecular flexibility index (Phi) is 12.5. The Morgan fingerprint density at radius 3 is 2.48 bits per heavy atom. The number of aliphatic hydroxyl groups is 1. The predicted octanol–water partition coefficient (Wildman–Crippen LogP) is 5.83. The first-order chi connectivity index (χ1) is 19.9. The van der Waals surface area contributed by atoms with Crippen LogP contribution in [0.15, 0.2) is 30.5 Å². The minimum atomic E-state index is -0.534. The molecule has 0 amide bonds. The molecule has 42 heavy (non-hydrogen) atoms. The summed E-state index contributed by atoms with van der Waals surface area (Å²) < 4.78 is 17.1. The molecule has 0 radical (unpaired) electrons. The average Bonchev–Trinajstić information content (AvgIpc) is 2.89. The molecule has 5 atom stereocenters. The molecule has 2 aromatic rings. The summed E-state index contributed by atoms with van der Waals surface area (Å²) >= 11 is 0. The monoisotopic (exact) mass is 584 g/mol. The first-order valence-corrected chi connectivity index (χ1v) is 15.1. The Labute approximate surface area is 249 Å². The third kappa shape index (κ3) is 10.2. The lowest BCUT2D eigenvalue weighted by atomic mass is 9.76. The SMILES string of the molecule is COc1cc(CC[C@H](C[C@@H](OC(C)=O)[C@@H]2C[C@H](O)CCC[C@H](CC(C)C)C2)OC(C)=O)c(-c2ccnc(N)c2)cc1O. The van der Waals surface area contributed by atoms with Crippen LogP contribution in [0.2, 0.25) is 0 Å². The van der Waals surface area contributed by atoms with Crippen molar-refractivity contribution in [2.24, 2.45) is 17.8 Å². The largest absolute Gasteiger partial charge is 0.504 e. The van der Waals surface area contributed by atoms with Crippen LogP contribution < -0.4 is 10.5 Å². The number of hydrogen-bond acceptors (Lipinski definition) is 9. The molecule has 1 saturated carbocycles. The van der Waals surface area contributed by atoms with E-state index in [2.05, 4.69) is 18.8 Å². The van der Waals surface area contributed by atoms with E-state index >= 15 is 0 Å². The van der Waals surface area contributed by atoms with E-state index in [0.717, 1.165) is 48.8 Å². The summed E-state index contributed by atoms with van der Waals surface area (Å²) in [6.45, 7) is 7.21. The molecule has 1 aliphatic carbocycles. The van der Waals surface area contributed by atoms with Crippen molar-refractivity contribution in [3.63, 3.8) is 0 Å². The van der Waals surface area contributed by atoms with Gasteiger partial charge in [0.2, 0.25) is 0 Å². The molecule has 0 unspecified atom stereocenters. The molecule has 4 N–H and O–H groups in total. The van der Waals surface area contributed by atoms with Crippen LogP contribution in [0.1, 0.15) is 84.6 Å². The Hall–Kier alpha value is -3.33. The van der Waals surface area contributed by atoms with Gasteiger partial charge in [-0.1, -0.05) is 26.7 Å². The van der Waals surface area contributed by atoms with E-state index < -0.39 is 24.3 Å². The first-order valence-electron chi connectivity index (χ1n) is 15.1. The number of benzene rings is 1. The summed E-state index contributed by atoms with van der Waals surface area (Å²) in [7, 11) is 1.49. The fourth-order valence-electron chi connectivity index (χ4n) is 6.39. The van der Waals surface area contributed by atoms with Crippen molar-refractivity contribution in [3.05, 3.63) is 36.0 Å². The number of anilines is 1. The quantitative estimate of drug-likeness (QED) is 0.263. The first kappa shape index (κ1) is 33.2. The van der Waals surface area contributed by atoms with Crippen molar-refractivity contribution >= 4 is 17.8 Å². The second kappa shape index (κ2) is 15.8. The summed E-state index contributed by atoms with van der Waals surface area (Å²) in [5.74, 6) is 0.861. The van der Waals surface area contributed by atoms with Crippen LogP contribution in [0, 0.1) is 17.8 Å². The van der Waals surface area contributed by atoms with Crippen LogP contribution in [-0.4, -0.2) is 52.6 Å². The van der Waals surface area contributed by atoms with Gasteiger partial charge in [0.15, 0.2) is 11.5 Å². The van der Waals surface area contributed by atoms with E-state index in [0.29, 0.717) is 49.1 Å². The Morgan fingerprint density at radius 2 is 1.83 bits per heavy atom. The summed E-state index contributed by atoms with van der Waals surface area (Å²) in [6, 6.07) is 6.96. The van der Waals surface area contributed by atoms with Gasteiger partial charge in [0.1, 0.15) is 18.0 Å². The Bertz CT molecular complexity index is 1180. The van der Waals surface area contributed by atoms with Gasteiger partial charge in [-0.25, -0.2) is 4.98 Å². The van der Waals surface area contributed by atoms with Crippen LogP contribution in [0.4, 0.5) is 5.82 Å². The number of aromatic nitrogens is 1. The average molecular weight is 585 g/mol. The van der Waals surface area contributed by atoms with Gasteiger partial charge in [-0.05, 0) is 97.2 Å². The number of ether oxygens (including phenoxy) is 3. The van der Waals surface area contributed by atoms with E-state index in [1.54, 1.807) is 24.4 Å². The molecule has 0 spiro atoms. The van der Waals surface area contributed by atoms with Crippen molar-refractivity contribution in [2.75, 3.05) is 12.8 Å². The predicted molar refractivity (Wildman–Crippen MR) is 162 cm³/mol. The normalized spacial score (nSPS) is 20.7. The molecule has 232 valence electrons. The second-order valence-electron chi connectivity index (χ2n) is 12.1. The molecule has 1 heterocycles. The summed E-state index contributed by atoms with van der Waals surface area (Å²) in [6.07, 6.45) is 6.62. The summed E-state index contributed by atoms with van der Waals surface area (Å²) in [5.41, 5.74) is 8.36. The zero-order valence-electron chi connectivity index (χ0n) is 25.7. The number of carbonyl (C=O) groups is 2. The zero-order valence-corrected chi connectivity index (χ0v) is 25.7. The number of hydrogen-bond donors (Lipinski definition) is 3.